The van der Waals surface area contributed by atoms with Gasteiger partial charge in [-0.15, -0.1) is 21.5 Å². The fourth-order valence-corrected chi connectivity index (χ4v) is 3.52. The average molecular weight is 374 g/mol. The van der Waals surface area contributed by atoms with E-state index in [2.05, 4.69) is 28.5 Å². The largest absolute Gasteiger partial charge is 0.411 e. The average Bonchev–Trinajstić information content (AvgIpc) is 3.27. The lowest BCUT2D eigenvalue weighted by atomic mass is 10.1. The Labute approximate surface area is 154 Å². The fourth-order valence-electron chi connectivity index (χ4n) is 2.22. The first-order valence-electron chi connectivity index (χ1n) is 7.95. The Morgan fingerprint density at radius 1 is 1.24 bits per heavy atom. The molecule has 5 nitrogen and oxygen atoms in total. The lowest BCUT2D eigenvalue weighted by Gasteiger charge is -2.02. The van der Waals surface area contributed by atoms with Crippen molar-refractivity contribution in [2.75, 3.05) is 12.3 Å². The smallest absolute Gasteiger partial charge is 0.277 e. The van der Waals surface area contributed by atoms with Crippen molar-refractivity contribution in [3.05, 3.63) is 51.7 Å². The van der Waals surface area contributed by atoms with Crippen molar-refractivity contribution >= 4 is 29.0 Å². The van der Waals surface area contributed by atoms with Crippen molar-refractivity contribution in [2.24, 2.45) is 0 Å². The van der Waals surface area contributed by atoms with Crippen LogP contribution in [0.2, 0.25) is 0 Å². The van der Waals surface area contributed by atoms with Crippen LogP contribution in [-0.2, 0) is 11.2 Å². The molecule has 0 saturated carbocycles. The highest BCUT2D eigenvalue weighted by Crippen LogP contribution is 2.24. The first-order chi connectivity index (χ1) is 12.1. The molecule has 0 fully saturated rings. The minimum absolute atomic E-state index is 0.0347. The number of nitrogens with zero attached hydrogens (tertiary/aromatic N) is 2. The third-order valence-corrected chi connectivity index (χ3v) is 5.52. The van der Waals surface area contributed by atoms with E-state index in [0.717, 1.165) is 12.0 Å². The van der Waals surface area contributed by atoms with Crippen LogP contribution in [0.25, 0.3) is 11.5 Å². The van der Waals surface area contributed by atoms with Gasteiger partial charge >= 0.3 is 0 Å². The number of amides is 1. The van der Waals surface area contributed by atoms with Gasteiger partial charge in [-0.25, -0.2) is 0 Å². The van der Waals surface area contributed by atoms with Crippen molar-refractivity contribution < 1.29 is 9.21 Å². The Bertz CT molecular complexity index is 844. The summed E-state index contributed by atoms with van der Waals surface area (Å²) in [5.74, 6) is 0.704. The molecule has 0 aliphatic rings. The number of carbonyl (C=O) groups is 1. The van der Waals surface area contributed by atoms with E-state index >= 15 is 0 Å². The summed E-state index contributed by atoms with van der Waals surface area (Å²) in [6.07, 6.45) is 0.853. The molecule has 1 N–H and O–H groups in total. The summed E-state index contributed by atoms with van der Waals surface area (Å²) in [6, 6.07) is 10.1. The molecular weight excluding hydrogens is 354 g/mol. The van der Waals surface area contributed by atoms with E-state index in [1.807, 2.05) is 36.6 Å². The van der Waals surface area contributed by atoms with Crippen LogP contribution in [0.5, 0.6) is 0 Å². The van der Waals surface area contributed by atoms with Crippen molar-refractivity contribution in [1.82, 2.24) is 15.5 Å². The Morgan fingerprint density at radius 2 is 2.12 bits per heavy atom. The van der Waals surface area contributed by atoms with Gasteiger partial charge in [0.05, 0.1) is 5.75 Å². The molecule has 0 unspecified atom stereocenters. The minimum atomic E-state index is -0.0347. The summed E-state index contributed by atoms with van der Waals surface area (Å²) >= 11 is 2.95. The summed E-state index contributed by atoms with van der Waals surface area (Å²) in [6.45, 7) is 4.74. The molecule has 0 radical (unpaired) electrons. The molecule has 25 heavy (non-hydrogen) atoms. The summed E-state index contributed by atoms with van der Waals surface area (Å²) in [5, 5.41) is 13.4. The minimum Gasteiger partial charge on any atom is -0.411 e. The van der Waals surface area contributed by atoms with Gasteiger partial charge in [0.15, 0.2) is 0 Å². The predicted molar refractivity (Wildman–Crippen MR) is 101 cm³/mol. The number of hydrogen-bond acceptors (Lipinski definition) is 6. The van der Waals surface area contributed by atoms with Gasteiger partial charge in [-0.05, 0) is 55.0 Å². The van der Waals surface area contributed by atoms with Crippen molar-refractivity contribution in [2.45, 2.75) is 25.5 Å². The second kappa shape index (κ2) is 8.31. The van der Waals surface area contributed by atoms with Gasteiger partial charge in [0.2, 0.25) is 11.8 Å². The molecule has 3 aromatic rings. The van der Waals surface area contributed by atoms with Gasteiger partial charge in [-0.3, -0.25) is 4.79 Å². The quantitative estimate of drug-likeness (QED) is 0.637. The molecule has 2 heterocycles. The molecule has 0 spiro atoms. The number of hydrogen-bond donors (Lipinski definition) is 1. The van der Waals surface area contributed by atoms with E-state index in [1.165, 1.54) is 27.8 Å². The van der Waals surface area contributed by atoms with Crippen molar-refractivity contribution in [3.63, 3.8) is 0 Å². The molecule has 0 bridgehead atoms. The van der Waals surface area contributed by atoms with Crippen LogP contribution in [0.1, 0.15) is 16.0 Å². The Hall–Kier alpha value is -2.12. The zero-order valence-electron chi connectivity index (χ0n) is 14.1. The number of thiophene rings is 1. The molecule has 1 aromatic carbocycles. The van der Waals surface area contributed by atoms with Gasteiger partial charge in [0.25, 0.3) is 5.22 Å². The Balaban J connectivity index is 1.48. The lowest BCUT2D eigenvalue weighted by Crippen LogP contribution is -2.27. The van der Waals surface area contributed by atoms with Gasteiger partial charge < -0.3 is 9.73 Å². The van der Waals surface area contributed by atoms with Crippen LogP contribution in [-0.4, -0.2) is 28.4 Å². The molecule has 0 aliphatic heterocycles. The van der Waals surface area contributed by atoms with E-state index in [0.29, 0.717) is 17.7 Å². The maximum Gasteiger partial charge on any atom is 0.277 e. The van der Waals surface area contributed by atoms with Crippen LogP contribution in [0.4, 0.5) is 0 Å². The summed E-state index contributed by atoms with van der Waals surface area (Å²) in [7, 11) is 0. The fraction of sp³-hybridized carbons (Fsp3) is 0.278. The van der Waals surface area contributed by atoms with Gasteiger partial charge in [-0.1, -0.05) is 23.9 Å². The predicted octanol–water partition coefficient (Wildman–Crippen LogP) is 3.87. The number of benzene rings is 1. The second-order valence-electron chi connectivity index (χ2n) is 5.64. The zero-order chi connectivity index (χ0) is 17.6. The maximum absolute atomic E-state index is 11.9. The SMILES string of the molecule is Cc1ccc(-c2nnc(SCC(=O)NCCc3cccs3)o2)cc1C. The normalized spacial score (nSPS) is 10.8. The first kappa shape index (κ1) is 17.7. The summed E-state index contributed by atoms with van der Waals surface area (Å²) in [5.41, 5.74) is 3.29. The highest BCUT2D eigenvalue weighted by molar-refractivity contribution is 7.99. The standard InChI is InChI=1S/C18H19N3O2S2/c1-12-5-6-14(10-13(12)2)17-20-21-18(23-17)25-11-16(22)19-8-7-15-4-3-9-24-15/h3-6,9-10H,7-8,11H2,1-2H3,(H,19,22). The van der Waals surface area contributed by atoms with Crippen LogP contribution >= 0.6 is 23.1 Å². The first-order valence-corrected chi connectivity index (χ1v) is 9.81. The topological polar surface area (TPSA) is 68.0 Å². The number of nitrogens with one attached hydrogen (secondary N) is 1. The molecule has 0 atom stereocenters. The number of carbonyl (C=O) groups excluding carboxylic acids is 1. The van der Waals surface area contributed by atoms with Gasteiger partial charge in [0, 0.05) is 17.0 Å². The Morgan fingerprint density at radius 3 is 2.88 bits per heavy atom. The van der Waals surface area contributed by atoms with Crippen LogP contribution in [0.3, 0.4) is 0 Å². The van der Waals surface area contributed by atoms with E-state index in [-0.39, 0.29) is 11.7 Å². The molecule has 0 saturated heterocycles. The van der Waals surface area contributed by atoms with E-state index < -0.39 is 0 Å². The molecular formula is C18H19N3O2S2. The van der Waals surface area contributed by atoms with E-state index in [9.17, 15) is 4.79 Å². The molecule has 0 aliphatic carbocycles. The molecule has 2 aromatic heterocycles. The van der Waals surface area contributed by atoms with Crippen molar-refractivity contribution in [3.8, 4) is 11.5 Å². The number of rotatable bonds is 7. The zero-order valence-corrected chi connectivity index (χ0v) is 15.7. The molecule has 130 valence electrons. The monoisotopic (exact) mass is 373 g/mol. The number of aromatic nitrogens is 2. The molecule has 3 rings (SSSR count). The van der Waals surface area contributed by atoms with Crippen molar-refractivity contribution in [1.29, 1.82) is 0 Å². The Kier molecular flexibility index (Phi) is 5.88. The second-order valence-corrected chi connectivity index (χ2v) is 7.60. The number of thioether (sulfide) groups is 1. The van der Waals surface area contributed by atoms with Gasteiger partial charge in [0.1, 0.15) is 0 Å². The lowest BCUT2D eigenvalue weighted by molar-refractivity contribution is -0.118. The van der Waals surface area contributed by atoms with Crippen LogP contribution < -0.4 is 5.32 Å². The highest BCUT2D eigenvalue weighted by atomic mass is 32.2. The summed E-state index contributed by atoms with van der Waals surface area (Å²) < 4.78 is 5.64. The van der Waals surface area contributed by atoms with E-state index in [1.54, 1.807) is 11.3 Å². The highest BCUT2D eigenvalue weighted by Gasteiger charge is 2.11. The van der Waals surface area contributed by atoms with E-state index in [4.69, 9.17) is 4.42 Å². The summed E-state index contributed by atoms with van der Waals surface area (Å²) in [4.78, 5) is 13.2. The molecule has 1 amide bonds. The molecule has 7 heteroatoms. The van der Waals surface area contributed by atoms with Gasteiger partial charge in [-0.2, -0.15) is 0 Å². The third kappa shape index (κ3) is 4.93. The third-order valence-electron chi connectivity index (χ3n) is 3.76. The van der Waals surface area contributed by atoms with Crippen LogP contribution in [0.15, 0.2) is 45.4 Å². The van der Waals surface area contributed by atoms with Crippen LogP contribution in [0, 0.1) is 13.8 Å². The number of aryl methyl sites for hydroxylation is 2. The maximum atomic E-state index is 11.9.